The van der Waals surface area contributed by atoms with Crippen LogP contribution in [0.25, 0.3) is 0 Å². The van der Waals surface area contributed by atoms with E-state index in [1.807, 2.05) is 0 Å². The smallest absolute Gasteiger partial charge is 0.405 e. The summed E-state index contributed by atoms with van der Waals surface area (Å²) in [5.41, 5.74) is -0.0243. The number of nitrogens with one attached hydrogen (secondary N) is 1. The largest absolute Gasteiger partial charge is 0.465 e. The van der Waals surface area contributed by atoms with Crippen molar-refractivity contribution in [2.45, 2.75) is 24.6 Å². The Morgan fingerprint density at radius 1 is 1.44 bits per heavy atom. The molecule has 0 atom stereocenters. The highest BCUT2D eigenvalue weighted by molar-refractivity contribution is 6.30. The standard InChI is InChI=1S/C11H11ClFNO2/c12-8-3-1-7(2-4-8)11(14-10(15)16)5-9(13)6-11/h1-4,9,14H,5-6H2,(H,15,16). The first-order valence-electron chi connectivity index (χ1n) is 4.93. The van der Waals surface area contributed by atoms with Crippen molar-refractivity contribution in [2.24, 2.45) is 0 Å². The first-order chi connectivity index (χ1) is 7.52. The van der Waals surface area contributed by atoms with Gasteiger partial charge in [-0.25, -0.2) is 9.18 Å². The van der Waals surface area contributed by atoms with Crippen molar-refractivity contribution in [3.8, 4) is 0 Å². The van der Waals surface area contributed by atoms with Gasteiger partial charge in [-0.05, 0) is 17.7 Å². The Labute approximate surface area is 97.2 Å². The lowest BCUT2D eigenvalue weighted by Gasteiger charge is -2.44. The van der Waals surface area contributed by atoms with Gasteiger partial charge in [-0.15, -0.1) is 0 Å². The fourth-order valence-electron chi connectivity index (χ4n) is 2.08. The highest BCUT2D eigenvalue weighted by Gasteiger charge is 2.47. The van der Waals surface area contributed by atoms with E-state index in [9.17, 15) is 9.18 Å². The molecule has 1 saturated carbocycles. The van der Waals surface area contributed by atoms with Crippen LogP contribution in [0, 0.1) is 0 Å². The number of amides is 1. The molecule has 0 spiro atoms. The van der Waals surface area contributed by atoms with Crippen LogP contribution in [0.2, 0.25) is 5.02 Å². The zero-order valence-electron chi connectivity index (χ0n) is 8.41. The first-order valence-corrected chi connectivity index (χ1v) is 5.31. The molecule has 0 aromatic heterocycles. The fraction of sp³-hybridized carbons (Fsp3) is 0.364. The van der Waals surface area contributed by atoms with Gasteiger partial charge in [-0.2, -0.15) is 0 Å². The molecule has 1 aromatic rings. The van der Waals surface area contributed by atoms with Crippen LogP contribution in [0.3, 0.4) is 0 Å². The summed E-state index contributed by atoms with van der Waals surface area (Å²) in [4.78, 5) is 10.7. The first kappa shape index (κ1) is 11.2. The number of benzene rings is 1. The Morgan fingerprint density at radius 2 is 2.00 bits per heavy atom. The molecule has 1 aliphatic carbocycles. The average molecular weight is 244 g/mol. The summed E-state index contributed by atoms with van der Waals surface area (Å²) in [7, 11) is 0. The Balaban J connectivity index is 2.26. The second-order valence-electron chi connectivity index (χ2n) is 4.02. The van der Waals surface area contributed by atoms with E-state index in [1.165, 1.54) is 0 Å². The van der Waals surface area contributed by atoms with Gasteiger partial charge < -0.3 is 10.4 Å². The average Bonchev–Trinajstić information content (AvgIpc) is 2.15. The van der Waals surface area contributed by atoms with E-state index < -0.39 is 17.8 Å². The van der Waals surface area contributed by atoms with Crippen LogP contribution >= 0.6 is 11.6 Å². The van der Waals surface area contributed by atoms with E-state index in [2.05, 4.69) is 5.32 Å². The van der Waals surface area contributed by atoms with Gasteiger partial charge in [0.25, 0.3) is 0 Å². The highest BCUT2D eigenvalue weighted by atomic mass is 35.5. The summed E-state index contributed by atoms with van der Waals surface area (Å²) in [6.45, 7) is 0. The second kappa shape index (κ2) is 3.94. The molecule has 1 fully saturated rings. The molecule has 2 N–H and O–H groups in total. The maximum atomic E-state index is 13.0. The molecule has 1 amide bonds. The monoisotopic (exact) mass is 243 g/mol. The molecule has 1 aliphatic rings. The topological polar surface area (TPSA) is 49.3 Å². The third kappa shape index (κ3) is 1.97. The quantitative estimate of drug-likeness (QED) is 0.839. The minimum Gasteiger partial charge on any atom is -0.465 e. The van der Waals surface area contributed by atoms with Crippen LogP contribution in [-0.4, -0.2) is 17.4 Å². The minimum absolute atomic E-state index is 0.181. The molecule has 0 saturated heterocycles. The van der Waals surface area contributed by atoms with Crippen molar-refractivity contribution in [3.63, 3.8) is 0 Å². The number of rotatable bonds is 2. The lowest BCUT2D eigenvalue weighted by molar-refractivity contribution is 0.0640. The number of carbonyl (C=O) groups is 1. The van der Waals surface area contributed by atoms with Crippen LogP contribution < -0.4 is 5.32 Å². The Kier molecular flexibility index (Phi) is 2.76. The molecule has 3 nitrogen and oxygen atoms in total. The molecule has 0 radical (unpaired) electrons. The summed E-state index contributed by atoms with van der Waals surface area (Å²) in [5.74, 6) is 0. The van der Waals surface area contributed by atoms with Crippen molar-refractivity contribution in [3.05, 3.63) is 34.9 Å². The summed E-state index contributed by atoms with van der Waals surface area (Å²) in [6, 6.07) is 6.80. The molecule has 1 aromatic carbocycles. The zero-order chi connectivity index (χ0) is 11.8. The van der Waals surface area contributed by atoms with E-state index in [4.69, 9.17) is 16.7 Å². The molecule has 0 unspecified atom stereocenters. The fourth-order valence-corrected chi connectivity index (χ4v) is 2.21. The maximum Gasteiger partial charge on any atom is 0.405 e. The zero-order valence-corrected chi connectivity index (χ0v) is 9.17. The van der Waals surface area contributed by atoms with Crippen LogP contribution in [0.1, 0.15) is 18.4 Å². The third-order valence-electron chi connectivity index (χ3n) is 2.88. The molecule has 86 valence electrons. The second-order valence-corrected chi connectivity index (χ2v) is 4.46. The predicted molar refractivity (Wildman–Crippen MR) is 58.4 cm³/mol. The molecule has 5 heteroatoms. The van der Waals surface area contributed by atoms with Gasteiger partial charge >= 0.3 is 6.09 Å². The van der Waals surface area contributed by atoms with Crippen molar-refractivity contribution in [1.82, 2.24) is 5.32 Å². The normalized spacial score (nSPS) is 28.2. The summed E-state index contributed by atoms with van der Waals surface area (Å²) < 4.78 is 13.0. The van der Waals surface area contributed by atoms with Crippen molar-refractivity contribution >= 4 is 17.7 Å². The van der Waals surface area contributed by atoms with Gasteiger partial charge in [-0.1, -0.05) is 23.7 Å². The Bertz CT molecular complexity index is 401. The van der Waals surface area contributed by atoms with Gasteiger partial charge in [-0.3, -0.25) is 0 Å². The highest BCUT2D eigenvalue weighted by Crippen LogP contribution is 2.43. The van der Waals surface area contributed by atoms with Crippen LogP contribution in [0.5, 0.6) is 0 Å². The minimum atomic E-state index is -1.14. The molecule has 0 bridgehead atoms. The molecular weight excluding hydrogens is 233 g/mol. The molecule has 2 rings (SSSR count). The number of carboxylic acid groups (broad SMARTS) is 1. The number of hydrogen-bond donors (Lipinski definition) is 2. The Hall–Kier alpha value is -1.29. The molecule has 16 heavy (non-hydrogen) atoms. The van der Waals surface area contributed by atoms with Crippen LogP contribution in [0.15, 0.2) is 24.3 Å². The van der Waals surface area contributed by atoms with E-state index in [-0.39, 0.29) is 12.8 Å². The summed E-state index contributed by atoms with van der Waals surface area (Å²) >= 11 is 5.75. The Morgan fingerprint density at radius 3 is 2.44 bits per heavy atom. The molecule has 0 aliphatic heterocycles. The molecular formula is C11H11ClFNO2. The number of alkyl halides is 1. The van der Waals surface area contributed by atoms with Gasteiger partial charge in [0, 0.05) is 17.9 Å². The van der Waals surface area contributed by atoms with E-state index in [0.717, 1.165) is 5.56 Å². The summed E-state index contributed by atoms with van der Waals surface area (Å²) in [6.07, 6.45) is -1.72. The van der Waals surface area contributed by atoms with Crippen molar-refractivity contribution in [2.75, 3.05) is 0 Å². The number of halogens is 2. The van der Waals surface area contributed by atoms with E-state index in [0.29, 0.717) is 5.02 Å². The number of hydrogen-bond acceptors (Lipinski definition) is 1. The predicted octanol–water partition coefficient (Wildman–Crippen LogP) is 2.93. The van der Waals surface area contributed by atoms with Gasteiger partial charge in [0.1, 0.15) is 6.17 Å². The lowest BCUT2D eigenvalue weighted by atomic mass is 9.70. The molecule has 0 heterocycles. The van der Waals surface area contributed by atoms with E-state index >= 15 is 0 Å². The maximum absolute atomic E-state index is 13.0. The van der Waals surface area contributed by atoms with Crippen LogP contribution in [-0.2, 0) is 5.54 Å². The van der Waals surface area contributed by atoms with Gasteiger partial charge in [0.15, 0.2) is 0 Å². The van der Waals surface area contributed by atoms with E-state index in [1.54, 1.807) is 24.3 Å². The van der Waals surface area contributed by atoms with Crippen LogP contribution in [0.4, 0.5) is 9.18 Å². The van der Waals surface area contributed by atoms with Gasteiger partial charge in [0.05, 0.1) is 5.54 Å². The SMILES string of the molecule is O=C(O)NC1(c2ccc(Cl)cc2)CC(F)C1. The van der Waals surface area contributed by atoms with Gasteiger partial charge in [0.2, 0.25) is 0 Å². The third-order valence-corrected chi connectivity index (χ3v) is 3.13. The summed E-state index contributed by atoms with van der Waals surface area (Å²) in [5, 5.41) is 11.7. The van der Waals surface area contributed by atoms with Crippen molar-refractivity contribution in [1.29, 1.82) is 0 Å². The lowest BCUT2D eigenvalue weighted by Crippen LogP contribution is -2.55. The van der Waals surface area contributed by atoms with Crippen molar-refractivity contribution < 1.29 is 14.3 Å².